The van der Waals surface area contributed by atoms with Crippen molar-refractivity contribution in [2.75, 3.05) is 13.1 Å². The number of fused-ring (bicyclic) bond motifs is 2. The minimum absolute atomic E-state index is 0.202. The Bertz CT molecular complexity index is 850. The van der Waals surface area contributed by atoms with Crippen LogP contribution in [-0.2, 0) is 11.2 Å². The molecule has 4 nitrogen and oxygen atoms in total. The van der Waals surface area contributed by atoms with E-state index in [4.69, 9.17) is 5.73 Å². The molecule has 2 aliphatic rings. The van der Waals surface area contributed by atoms with E-state index in [0.29, 0.717) is 24.3 Å². The molecule has 0 radical (unpaired) electrons. The van der Waals surface area contributed by atoms with Crippen LogP contribution in [0.3, 0.4) is 0 Å². The molecule has 2 aromatic rings. The minimum atomic E-state index is -0.202. The molecule has 4 heteroatoms. The number of aromatic amines is 1. The van der Waals surface area contributed by atoms with Crippen molar-refractivity contribution in [3.63, 3.8) is 0 Å². The number of likely N-dealkylation sites (tertiary alicyclic amines) is 1. The number of primary amides is 1. The summed E-state index contributed by atoms with van der Waals surface area (Å²) in [5.41, 5.74) is 10.6. The number of benzene rings is 1. The third-order valence-electron chi connectivity index (χ3n) is 5.88. The van der Waals surface area contributed by atoms with Crippen molar-refractivity contribution in [3.05, 3.63) is 54.3 Å². The van der Waals surface area contributed by atoms with Crippen molar-refractivity contribution in [2.24, 2.45) is 11.7 Å². The van der Waals surface area contributed by atoms with E-state index in [1.165, 1.54) is 22.0 Å². The van der Waals surface area contributed by atoms with Gasteiger partial charge in [0.15, 0.2) is 0 Å². The van der Waals surface area contributed by atoms with Crippen LogP contribution in [0, 0.1) is 5.92 Å². The molecule has 0 spiro atoms. The van der Waals surface area contributed by atoms with Crippen LogP contribution in [0.1, 0.15) is 35.6 Å². The standard InChI is InChI=1S/C21H25N3O/c1-3-8-24-12-13(10-20(22)25)9-15-14-6-5-7-18-21(14)16(11-19(15)24)17(4-2)23-18/h3-7,13,15,19,23H,1-2,8-12H2,(H2,22,25)/t13-,15+,19+/m0/s1. The number of rotatable bonds is 5. The Hall–Kier alpha value is -2.33. The van der Waals surface area contributed by atoms with Gasteiger partial charge in [-0.05, 0) is 42.0 Å². The number of hydrogen-bond donors (Lipinski definition) is 2. The molecule has 130 valence electrons. The highest BCUT2D eigenvalue weighted by Gasteiger charge is 2.41. The Morgan fingerprint density at radius 3 is 2.96 bits per heavy atom. The van der Waals surface area contributed by atoms with Crippen LogP contribution in [0.25, 0.3) is 17.0 Å². The first-order valence-electron chi connectivity index (χ1n) is 9.01. The zero-order valence-corrected chi connectivity index (χ0v) is 14.5. The zero-order valence-electron chi connectivity index (χ0n) is 14.5. The number of nitrogens with two attached hydrogens (primary N) is 1. The number of nitrogens with one attached hydrogen (secondary N) is 1. The smallest absolute Gasteiger partial charge is 0.217 e. The molecule has 1 amide bonds. The highest BCUT2D eigenvalue weighted by atomic mass is 16.1. The van der Waals surface area contributed by atoms with Gasteiger partial charge in [-0.15, -0.1) is 6.58 Å². The van der Waals surface area contributed by atoms with Crippen LogP contribution in [0.5, 0.6) is 0 Å². The molecule has 0 saturated carbocycles. The molecule has 1 fully saturated rings. The Morgan fingerprint density at radius 1 is 1.40 bits per heavy atom. The van der Waals surface area contributed by atoms with E-state index in [1.807, 2.05) is 12.2 Å². The van der Waals surface area contributed by atoms with Gasteiger partial charge >= 0.3 is 0 Å². The van der Waals surface area contributed by atoms with Gasteiger partial charge in [0.2, 0.25) is 5.91 Å². The summed E-state index contributed by atoms with van der Waals surface area (Å²) >= 11 is 0. The summed E-state index contributed by atoms with van der Waals surface area (Å²) in [5.74, 6) is 0.545. The second-order valence-electron chi connectivity index (χ2n) is 7.38. The van der Waals surface area contributed by atoms with Gasteiger partial charge in [0.05, 0.1) is 0 Å². The first kappa shape index (κ1) is 16.2. The number of nitrogens with zero attached hydrogens (tertiary/aromatic N) is 1. The summed E-state index contributed by atoms with van der Waals surface area (Å²) in [4.78, 5) is 17.5. The average Bonchev–Trinajstić information content (AvgIpc) is 2.95. The highest BCUT2D eigenvalue weighted by molar-refractivity contribution is 5.91. The van der Waals surface area contributed by atoms with Crippen molar-refractivity contribution in [1.82, 2.24) is 9.88 Å². The van der Waals surface area contributed by atoms with Crippen LogP contribution in [0.15, 0.2) is 37.4 Å². The molecule has 1 saturated heterocycles. The SMILES string of the molecule is C=CCN1C[C@H](CC(N)=O)C[C@@H]2c3cccc4[nH]c(C=C)c(c34)C[C@H]21. The zero-order chi connectivity index (χ0) is 17.6. The first-order chi connectivity index (χ1) is 12.1. The molecule has 25 heavy (non-hydrogen) atoms. The number of piperidine rings is 1. The van der Waals surface area contributed by atoms with Crippen LogP contribution >= 0.6 is 0 Å². The van der Waals surface area contributed by atoms with E-state index in [2.05, 4.69) is 41.2 Å². The normalized spacial score (nSPS) is 25.5. The molecular weight excluding hydrogens is 310 g/mol. The fourth-order valence-electron chi connectivity index (χ4n) is 5.00. The van der Waals surface area contributed by atoms with E-state index >= 15 is 0 Å². The van der Waals surface area contributed by atoms with E-state index in [0.717, 1.165) is 31.6 Å². The summed E-state index contributed by atoms with van der Waals surface area (Å²) in [7, 11) is 0. The fraction of sp³-hybridized carbons (Fsp3) is 0.381. The van der Waals surface area contributed by atoms with Crippen molar-refractivity contribution in [3.8, 4) is 0 Å². The van der Waals surface area contributed by atoms with Gasteiger partial charge in [-0.25, -0.2) is 0 Å². The molecule has 3 atom stereocenters. The molecule has 4 rings (SSSR count). The molecule has 1 aliphatic heterocycles. The maximum atomic E-state index is 11.5. The van der Waals surface area contributed by atoms with Crippen LogP contribution in [-0.4, -0.2) is 34.9 Å². The first-order valence-corrected chi connectivity index (χ1v) is 9.01. The monoisotopic (exact) mass is 335 g/mol. The van der Waals surface area contributed by atoms with Crippen LogP contribution in [0.4, 0.5) is 0 Å². The van der Waals surface area contributed by atoms with Crippen molar-refractivity contribution < 1.29 is 4.79 Å². The van der Waals surface area contributed by atoms with Crippen LogP contribution < -0.4 is 5.73 Å². The lowest BCUT2D eigenvalue weighted by Crippen LogP contribution is -2.50. The summed E-state index contributed by atoms with van der Waals surface area (Å²) in [6.07, 6.45) is 6.39. The number of carbonyl (C=O) groups is 1. The van der Waals surface area contributed by atoms with Gasteiger partial charge in [0.25, 0.3) is 0 Å². The molecular formula is C21H25N3O. The maximum Gasteiger partial charge on any atom is 0.217 e. The van der Waals surface area contributed by atoms with Gasteiger partial charge in [0, 0.05) is 48.1 Å². The summed E-state index contributed by atoms with van der Waals surface area (Å²) < 4.78 is 0. The quantitative estimate of drug-likeness (QED) is 0.824. The highest BCUT2D eigenvalue weighted by Crippen LogP contribution is 2.46. The van der Waals surface area contributed by atoms with E-state index in [1.54, 1.807) is 0 Å². The summed E-state index contributed by atoms with van der Waals surface area (Å²) in [6, 6.07) is 6.96. The Kier molecular flexibility index (Phi) is 4.00. The molecule has 3 N–H and O–H groups in total. The Morgan fingerprint density at radius 2 is 2.24 bits per heavy atom. The second kappa shape index (κ2) is 6.19. The Labute approximate surface area is 148 Å². The van der Waals surface area contributed by atoms with Crippen molar-refractivity contribution >= 4 is 22.9 Å². The number of hydrogen-bond acceptors (Lipinski definition) is 2. The third kappa shape index (κ3) is 2.61. The molecule has 0 unspecified atom stereocenters. The Balaban J connectivity index is 1.81. The maximum absolute atomic E-state index is 11.5. The number of aromatic nitrogens is 1. The minimum Gasteiger partial charge on any atom is -0.370 e. The molecule has 1 aromatic heterocycles. The van der Waals surface area contributed by atoms with E-state index in [-0.39, 0.29) is 5.91 Å². The lowest BCUT2D eigenvalue weighted by Gasteiger charge is -2.47. The fourth-order valence-corrected chi connectivity index (χ4v) is 5.00. The van der Waals surface area contributed by atoms with Gasteiger partial charge < -0.3 is 10.7 Å². The third-order valence-corrected chi connectivity index (χ3v) is 5.88. The average molecular weight is 335 g/mol. The molecule has 2 heterocycles. The lowest BCUT2D eigenvalue weighted by molar-refractivity contribution is -0.119. The number of H-pyrrole nitrogens is 1. The largest absolute Gasteiger partial charge is 0.370 e. The lowest BCUT2D eigenvalue weighted by atomic mass is 9.71. The molecule has 1 aromatic carbocycles. The topological polar surface area (TPSA) is 62.1 Å². The van der Waals surface area contributed by atoms with Gasteiger partial charge in [-0.3, -0.25) is 9.69 Å². The van der Waals surface area contributed by atoms with Crippen molar-refractivity contribution in [2.45, 2.75) is 31.2 Å². The number of carbonyl (C=O) groups excluding carboxylic acids is 1. The van der Waals surface area contributed by atoms with E-state index in [9.17, 15) is 4.79 Å². The van der Waals surface area contributed by atoms with Gasteiger partial charge in [-0.1, -0.05) is 24.8 Å². The van der Waals surface area contributed by atoms with Crippen molar-refractivity contribution in [1.29, 1.82) is 0 Å². The molecule has 0 bridgehead atoms. The summed E-state index contributed by atoms with van der Waals surface area (Å²) in [5, 5.41) is 1.36. The number of amides is 1. The second-order valence-corrected chi connectivity index (χ2v) is 7.38. The predicted molar refractivity (Wildman–Crippen MR) is 102 cm³/mol. The van der Waals surface area contributed by atoms with Crippen LogP contribution in [0.2, 0.25) is 0 Å². The van der Waals surface area contributed by atoms with Gasteiger partial charge in [0.1, 0.15) is 0 Å². The van der Waals surface area contributed by atoms with Gasteiger partial charge in [-0.2, -0.15) is 0 Å². The predicted octanol–water partition coefficient (Wildman–Crippen LogP) is 3.20. The van der Waals surface area contributed by atoms with E-state index < -0.39 is 0 Å². The summed E-state index contributed by atoms with van der Waals surface area (Å²) in [6.45, 7) is 9.66. The molecule has 1 aliphatic carbocycles.